The number of likely N-dealkylation sites (N-methyl/N-ethyl adjacent to an activating group) is 1. The van der Waals surface area contributed by atoms with Gasteiger partial charge in [-0.15, -0.1) is 0 Å². The molecule has 0 amide bonds. The number of nitrogens with one attached hydrogen (secondary N) is 1. The normalized spacial score (nSPS) is 33.8. The van der Waals surface area contributed by atoms with Crippen LogP contribution in [0, 0.1) is 5.92 Å². The van der Waals surface area contributed by atoms with Gasteiger partial charge in [0.05, 0.1) is 6.61 Å². The van der Waals surface area contributed by atoms with Gasteiger partial charge in [-0.2, -0.15) is 0 Å². The van der Waals surface area contributed by atoms with Crippen molar-refractivity contribution in [2.75, 3.05) is 46.4 Å². The Kier molecular flexibility index (Phi) is 5.84. The lowest BCUT2D eigenvalue weighted by Crippen LogP contribution is -2.58. The molecule has 4 heteroatoms. The zero-order valence-corrected chi connectivity index (χ0v) is 13.6. The summed E-state index contributed by atoms with van der Waals surface area (Å²) in [4.78, 5) is 5.26. The maximum atomic E-state index is 9.71. The Balaban J connectivity index is 1.84. The average Bonchev–Trinajstić information content (AvgIpc) is 2.47. The van der Waals surface area contributed by atoms with E-state index in [1.165, 1.54) is 45.6 Å². The summed E-state index contributed by atoms with van der Waals surface area (Å²) < 4.78 is 0. The fourth-order valence-corrected chi connectivity index (χ4v) is 3.92. The molecule has 1 aliphatic heterocycles. The zero-order valence-electron chi connectivity index (χ0n) is 13.6. The predicted octanol–water partition coefficient (Wildman–Crippen LogP) is 1.15. The van der Waals surface area contributed by atoms with Gasteiger partial charge < -0.3 is 15.3 Å². The first-order valence-corrected chi connectivity index (χ1v) is 8.35. The monoisotopic (exact) mass is 283 g/mol. The molecule has 1 saturated heterocycles. The van der Waals surface area contributed by atoms with Crippen LogP contribution in [0.5, 0.6) is 0 Å². The minimum absolute atomic E-state index is 0.0298. The summed E-state index contributed by atoms with van der Waals surface area (Å²) in [6, 6.07) is 0.657. The van der Waals surface area contributed by atoms with E-state index in [4.69, 9.17) is 0 Å². The molecule has 0 radical (unpaired) electrons. The summed E-state index contributed by atoms with van der Waals surface area (Å²) in [5, 5.41) is 13.1. The molecule has 2 rings (SSSR count). The molecule has 2 aliphatic rings. The third-order valence-corrected chi connectivity index (χ3v) is 5.20. The van der Waals surface area contributed by atoms with E-state index < -0.39 is 0 Å². The minimum Gasteiger partial charge on any atom is -0.394 e. The first-order valence-electron chi connectivity index (χ1n) is 8.35. The molecule has 2 fully saturated rings. The fourth-order valence-electron chi connectivity index (χ4n) is 3.92. The lowest BCUT2D eigenvalue weighted by molar-refractivity contribution is 0.0329. The highest BCUT2D eigenvalue weighted by Crippen LogP contribution is 2.31. The highest BCUT2D eigenvalue weighted by atomic mass is 16.3. The number of rotatable bonds is 5. The molecule has 1 aliphatic carbocycles. The SMILES string of the molecule is CNC1(CO)CCCC(N2CCN(CC(C)C)CC2)C1. The van der Waals surface area contributed by atoms with Crippen LogP contribution in [0.25, 0.3) is 0 Å². The molecule has 0 aromatic rings. The Hall–Kier alpha value is -0.160. The van der Waals surface area contributed by atoms with Gasteiger partial charge in [0, 0.05) is 44.3 Å². The summed E-state index contributed by atoms with van der Waals surface area (Å²) in [5.41, 5.74) is -0.0298. The van der Waals surface area contributed by atoms with Crippen LogP contribution < -0.4 is 5.32 Å². The van der Waals surface area contributed by atoms with Crippen molar-refractivity contribution in [3.05, 3.63) is 0 Å². The average molecular weight is 283 g/mol. The highest BCUT2D eigenvalue weighted by molar-refractivity contribution is 4.96. The smallest absolute Gasteiger partial charge is 0.0613 e. The van der Waals surface area contributed by atoms with Crippen LogP contribution in [-0.4, -0.2) is 72.9 Å². The second-order valence-corrected chi connectivity index (χ2v) is 7.17. The second kappa shape index (κ2) is 7.21. The highest BCUT2D eigenvalue weighted by Gasteiger charge is 2.37. The number of nitrogens with zero attached hydrogens (tertiary/aromatic N) is 2. The lowest BCUT2D eigenvalue weighted by atomic mass is 9.79. The molecule has 0 spiro atoms. The lowest BCUT2D eigenvalue weighted by Gasteiger charge is -2.46. The van der Waals surface area contributed by atoms with E-state index in [1.54, 1.807) is 0 Å². The molecule has 2 atom stereocenters. The first-order chi connectivity index (χ1) is 9.58. The molecule has 4 nitrogen and oxygen atoms in total. The van der Waals surface area contributed by atoms with Gasteiger partial charge in [0.2, 0.25) is 0 Å². The van der Waals surface area contributed by atoms with E-state index in [9.17, 15) is 5.11 Å². The fraction of sp³-hybridized carbons (Fsp3) is 1.00. The van der Waals surface area contributed by atoms with Crippen molar-refractivity contribution in [3.63, 3.8) is 0 Å². The van der Waals surface area contributed by atoms with Crippen molar-refractivity contribution in [1.82, 2.24) is 15.1 Å². The Morgan fingerprint density at radius 2 is 1.95 bits per heavy atom. The molecule has 2 unspecified atom stereocenters. The van der Waals surface area contributed by atoms with Gasteiger partial charge in [-0.25, -0.2) is 0 Å². The summed E-state index contributed by atoms with van der Waals surface area (Å²) in [7, 11) is 2.00. The Morgan fingerprint density at radius 1 is 1.25 bits per heavy atom. The maximum Gasteiger partial charge on any atom is 0.0613 e. The van der Waals surface area contributed by atoms with E-state index in [0.29, 0.717) is 6.04 Å². The number of piperazine rings is 1. The number of aliphatic hydroxyl groups excluding tert-OH is 1. The van der Waals surface area contributed by atoms with E-state index in [0.717, 1.165) is 18.8 Å². The standard InChI is InChI=1S/C16H33N3O/c1-14(2)12-18-7-9-19(10-8-18)15-5-4-6-16(11-15,13-20)17-3/h14-15,17,20H,4-13H2,1-3H3. The molecule has 0 aromatic carbocycles. The second-order valence-electron chi connectivity index (χ2n) is 7.17. The zero-order chi connectivity index (χ0) is 14.6. The van der Waals surface area contributed by atoms with Gasteiger partial charge in [-0.1, -0.05) is 13.8 Å². The molecule has 0 bridgehead atoms. The summed E-state index contributed by atoms with van der Waals surface area (Å²) >= 11 is 0. The number of hydrogen-bond acceptors (Lipinski definition) is 4. The van der Waals surface area contributed by atoms with Crippen molar-refractivity contribution in [1.29, 1.82) is 0 Å². The summed E-state index contributed by atoms with van der Waals surface area (Å²) in [5.74, 6) is 0.766. The van der Waals surface area contributed by atoms with Crippen molar-refractivity contribution >= 4 is 0 Å². The van der Waals surface area contributed by atoms with Crippen molar-refractivity contribution < 1.29 is 5.11 Å². The van der Waals surface area contributed by atoms with Crippen molar-refractivity contribution in [2.24, 2.45) is 5.92 Å². The third kappa shape index (κ3) is 3.94. The Labute approximate surface area is 124 Å². The molecule has 0 aromatic heterocycles. The molecule has 1 saturated carbocycles. The molecule has 118 valence electrons. The van der Waals surface area contributed by atoms with Gasteiger partial charge in [-0.05, 0) is 38.6 Å². The topological polar surface area (TPSA) is 38.7 Å². The van der Waals surface area contributed by atoms with Crippen LogP contribution in [0.2, 0.25) is 0 Å². The van der Waals surface area contributed by atoms with Crippen LogP contribution in [-0.2, 0) is 0 Å². The largest absolute Gasteiger partial charge is 0.394 e. The van der Waals surface area contributed by atoms with E-state index in [-0.39, 0.29) is 12.1 Å². The van der Waals surface area contributed by atoms with E-state index in [1.807, 2.05) is 7.05 Å². The van der Waals surface area contributed by atoms with Gasteiger partial charge in [0.1, 0.15) is 0 Å². The van der Waals surface area contributed by atoms with E-state index in [2.05, 4.69) is 29.0 Å². The van der Waals surface area contributed by atoms with Crippen molar-refractivity contribution in [3.8, 4) is 0 Å². The predicted molar refractivity (Wildman–Crippen MR) is 84.0 cm³/mol. The molecule has 2 N–H and O–H groups in total. The summed E-state index contributed by atoms with van der Waals surface area (Å²) in [6.45, 7) is 10.9. The molecule has 1 heterocycles. The summed E-state index contributed by atoms with van der Waals surface area (Å²) in [6.07, 6.45) is 4.75. The van der Waals surface area contributed by atoms with Crippen LogP contribution in [0.15, 0.2) is 0 Å². The van der Waals surface area contributed by atoms with E-state index >= 15 is 0 Å². The maximum absolute atomic E-state index is 9.71. The number of aliphatic hydroxyl groups is 1. The molecule has 20 heavy (non-hydrogen) atoms. The molecular formula is C16H33N3O. The van der Waals surface area contributed by atoms with Gasteiger partial charge >= 0.3 is 0 Å². The van der Waals surface area contributed by atoms with Crippen LogP contribution >= 0.6 is 0 Å². The van der Waals surface area contributed by atoms with Crippen LogP contribution in [0.3, 0.4) is 0 Å². The Morgan fingerprint density at radius 3 is 2.50 bits per heavy atom. The van der Waals surface area contributed by atoms with Crippen LogP contribution in [0.1, 0.15) is 39.5 Å². The van der Waals surface area contributed by atoms with Crippen LogP contribution in [0.4, 0.5) is 0 Å². The molecular weight excluding hydrogens is 250 g/mol. The van der Waals surface area contributed by atoms with Crippen molar-refractivity contribution in [2.45, 2.75) is 51.1 Å². The third-order valence-electron chi connectivity index (χ3n) is 5.20. The number of hydrogen-bond donors (Lipinski definition) is 2. The first kappa shape index (κ1) is 16.2. The van der Waals surface area contributed by atoms with Gasteiger partial charge in [-0.3, -0.25) is 4.90 Å². The quantitative estimate of drug-likeness (QED) is 0.794. The van der Waals surface area contributed by atoms with Gasteiger partial charge in [0.25, 0.3) is 0 Å². The Bertz CT molecular complexity index is 283. The minimum atomic E-state index is -0.0298. The van der Waals surface area contributed by atoms with Gasteiger partial charge in [0.15, 0.2) is 0 Å².